The van der Waals surface area contributed by atoms with Gasteiger partial charge in [0.2, 0.25) is 0 Å². The molecule has 0 aliphatic rings. The molecule has 0 aromatic heterocycles. The molecule has 0 fully saturated rings. The Hall–Kier alpha value is -1.26. The molecular weight excluding hydrogens is 286 g/mol. The Morgan fingerprint density at radius 1 is 1.47 bits per heavy atom. The fourth-order valence-corrected chi connectivity index (χ4v) is 1.97. The molecule has 1 N–H and O–H groups in total. The number of amidine groups is 1. The number of benzene rings is 1. The summed E-state index contributed by atoms with van der Waals surface area (Å²) < 4.78 is 10.3. The molecule has 0 heterocycles. The summed E-state index contributed by atoms with van der Waals surface area (Å²) >= 11 is 7.44. The van der Waals surface area contributed by atoms with Crippen LogP contribution < -0.4 is 5.32 Å². The van der Waals surface area contributed by atoms with E-state index in [2.05, 4.69) is 10.3 Å². The highest BCUT2D eigenvalue weighted by Crippen LogP contribution is 2.30. The third-order valence-corrected chi connectivity index (χ3v) is 3.17. The fraction of sp³-hybridized carbons (Fsp3) is 0.333. The number of ether oxygens (including phenoxy) is 2. The van der Waals surface area contributed by atoms with E-state index in [4.69, 9.17) is 26.3 Å². The highest BCUT2D eigenvalue weighted by molar-refractivity contribution is 8.13. The number of hydrogen-bond donors (Lipinski definition) is 1. The number of aliphatic imine (C=N–C) groups is 1. The van der Waals surface area contributed by atoms with Crippen molar-refractivity contribution in [1.29, 1.82) is 5.26 Å². The quantitative estimate of drug-likeness (QED) is 0.304. The monoisotopic (exact) mass is 299 g/mol. The van der Waals surface area contributed by atoms with Gasteiger partial charge in [0.05, 0.1) is 5.69 Å². The lowest BCUT2D eigenvalue weighted by molar-refractivity contribution is -0.105. The number of methoxy groups -OCH3 is 2. The van der Waals surface area contributed by atoms with E-state index in [1.54, 1.807) is 18.2 Å². The molecule has 0 radical (unpaired) electrons. The molecule has 0 aliphatic carbocycles. The number of nitrogens with one attached hydrogen (secondary N) is 1. The number of rotatable bonds is 4. The summed E-state index contributed by atoms with van der Waals surface area (Å²) in [5, 5.41) is 12.1. The van der Waals surface area contributed by atoms with Gasteiger partial charge in [0.15, 0.2) is 17.7 Å². The van der Waals surface area contributed by atoms with E-state index in [9.17, 15) is 0 Å². The largest absolute Gasteiger partial charge is 0.352 e. The van der Waals surface area contributed by atoms with E-state index >= 15 is 0 Å². The van der Waals surface area contributed by atoms with Gasteiger partial charge in [-0.15, -0.1) is 0 Å². The van der Waals surface area contributed by atoms with Crippen LogP contribution >= 0.6 is 23.4 Å². The fourth-order valence-electron chi connectivity index (χ4n) is 1.42. The lowest BCUT2D eigenvalue weighted by Crippen LogP contribution is -2.12. The number of nitriles is 1. The lowest BCUT2D eigenvalue weighted by atomic mass is 10.2. The minimum absolute atomic E-state index is 0.502. The van der Waals surface area contributed by atoms with Gasteiger partial charge in [-0.05, 0) is 24.5 Å². The number of thioether (sulfide) groups is 1. The predicted molar refractivity (Wildman–Crippen MR) is 77.6 cm³/mol. The van der Waals surface area contributed by atoms with E-state index in [0.717, 1.165) is 0 Å². The van der Waals surface area contributed by atoms with Gasteiger partial charge in [0, 0.05) is 24.8 Å². The molecule has 19 heavy (non-hydrogen) atoms. The van der Waals surface area contributed by atoms with Crippen LogP contribution in [-0.2, 0) is 9.47 Å². The molecule has 5 nitrogen and oxygen atoms in total. The molecular formula is C12H14ClN3O2S. The summed E-state index contributed by atoms with van der Waals surface area (Å²) in [5.74, 6) is 0. The van der Waals surface area contributed by atoms with Crippen LogP contribution in [0.15, 0.2) is 23.2 Å². The van der Waals surface area contributed by atoms with Crippen molar-refractivity contribution in [2.75, 3.05) is 20.5 Å². The first kappa shape index (κ1) is 15.8. The molecule has 0 saturated carbocycles. The molecule has 7 heteroatoms. The highest BCUT2D eigenvalue weighted by atomic mass is 35.5. The first-order chi connectivity index (χ1) is 9.15. The van der Waals surface area contributed by atoms with Crippen LogP contribution in [0.5, 0.6) is 0 Å². The first-order valence-corrected chi connectivity index (χ1v) is 6.89. The predicted octanol–water partition coefficient (Wildman–Crippen LogP) is 3.05. The molecule has 1 aromatic rings. The molecule has 0 unspecified atom stereocenters. The standard InChI is InChI=1S/C12H14ClN3O2S/c1-17-11(18-2)9-6-8(4-5-10(9)13)16-12(19-3)15-7-14/h4-6,11H,1-3H3,(H,15,16). The molecule has 1 rings (SSSR count). The van der Waals surface area contributed by atoms with Crippen molar-refractivity contribution < 1.29 is 9.47 Å². The Balaban J connectivity index is 3.12. The van der Waals surface area contributed by atoms with Gasteiger partial charge in [-0.1, -0.05) is 23.4 Å². The highest BCUT2D eigenvalue weighted by Gasteiger charge is 2.13. The van der Waals surface area contributed by atoms with Gasteiger partial charge in [-0.2, -0.15) is 5.26 Å². The van der Waals surface area contributed by atoms with Crippen LogP contribution in [-0.4, -0.2) is 25.6 Å². The number of nitrogens with zero attached hydrogens (tertiary/aromatic N) is 2. The zero-order chi connectivity index (χ0) is 14.3. The summed E-state index contributed by atoms with van der Waals surface area (Å²) in [6, 6.07) is 5.23. The van der Waals surface area contributed by atoms with Crippen LogP contribution in [0.3, 0.4) is 0 Å². The molecule has 0 aliphatic heterocycles. The van der Waals surface area contributed by atoms with Crippen LogP contribution in [0.4, 0.5) is 5.69 Å². The average Bonchev–Trinajstić information content (AvgIpc) is 2.42. The molecule has 0 amide bonds. The normalized spacial score (nSPS) is 11.5. The zero-order valence-corrected chi connectivity index (χ0v) is 12.4. The van der Waals surface area contributed by atoms with Crippen LogP contribution in [0, 0.1) is 11.5 Å². The summed E-state index contributed by atoms with van der Waals surface area (Å²) in [6.45, 7) is 0. The van der Waals surface area contributed by atoms with Gasteiger partial charge >= 0.3 is 0 Å². The van der Waals surface area contributed by atoms with Gasteiger partial charge in [-0.3, -0.25) is 5.32 Å². The maximum absolute atomic E-state index is 8.59. The van der Waals surface area contributed by atoms with E-state index in [1.807, 2.05) is 12.4 Å². The second kappa shape index (κ2) is 8.02. The second-order valence-corrected chi connectivity index (χ2v) is 4.57. The Labute approximate surface area is 121 Å². The van der Waals surface area contributed by atoms with Crippen LogP contribution in [0.1, 0.15) is 11.9 Å². The Morgan fingerprint density at radius 3 is 2.68 bits per heavy atom. The third kappa shape index (κ3) is 4.40. The van der Waals surface area contributed by atoms with Crippen LogP contribution in [0.25, 0.3) is 0 Å². The van der Waals surface area contributed by atoms with Crippen molar-refractivity contribution >= 4 is 34.2 Å². The van der Waals surface area contributed by atoms with E-state index in [-0.39, 0.29) is 0 Å². The van der Waals surface area contributed by atoms with Crippen LogP contribution in [0.2, 0.25) is 5.02 Å². The Kier molecular flexibility index (Phi) is 6.67. The molecule has 1 aromatic carbocycles. The van der Waals surface area contributed by atoms with E-state index in [0.29, 0.717) is 21.4 Å². The van der Waals surface area contributed by atoms with Gasteiger partial charge in [-0.25, -0.2) is 4.99 Å². The summed E-state index contributed by atoms with van der Waals surface area (Å²) in [4.78, 5) is 4.30. The minimum atomic E-state index is -0.552. The molecule has 0 atom stereocenters. The van der Waals surface area contributed by atoms with Crippen molar-refractivity contribution in [3.05, 3.63) is 28.8 Å². The molecule has 0 spiro atoms. The average molecular weight is 300 g/mol. The van der Waals surface area contributed by atoms with Gasteiger partial charge in [0.25, 0.3) is 0 Å². The summed E-state index contributed by atoms with van der Waals surface area (Å²) in [5.41, 5.74) is 1.34. The SMILES string of the molecule is COC(OC)c1cc(N=C(NC#N)SC)ccc1Cl. The Morgan fingerprint density at radius 2 is 2.16 bits per heavy atom. The van der Waals surface area contributed by atoms with Crippen molar-refractivity contribution in [2.45, 2.75) is 6.29 Å². The number of hydrogen-bond acceptors (Lipinski definition) is 5. The topological polar surface area (TPSA) is 66.6 Å². The minimum Gasteiger partial charge on any atom is -0.352 e. The van der Waals surface area contributed by atoms with Gasteiger partial charge < -0.3 is 9.47 Å². The van der Waals surface area contributed by atoms with Crippen molar-refractivity contribution in [2.24, 2.45) is 4.99 Å². The Bertz CT molecular complexity index is 498. The van der Waals surface area contributed by atoms with Gasteiger partial charge in [0.1, 0.15) is 0 Å². The molecule has 0 bridgehead atoms. The van der Waals surface area contributed by atoms with Crippen molar-refractivity contribution in [3.8, 4) is 6.19 Å². The number of halogens is 1. The summed E-state index contributed by atoms with van der Waals surface area (Å²) in [7, 11) is 3.07. The summed E-state index contributed by atoms with van der Waals surface area (Å²) in [6.07, 6.45) is 3.11. The lowest BCUT2D eigenvalue weighted by Gasteiger charge is -2.15. The third-order valence-electron chi connectivity index (χ3n) is 2.25. The van der Waals surface area contributed by atoms with Crippen molar-refractivity contribution in [1.82, 2.24) is 5.32 Å². The van der Waals surface area contributed by atoms with E-state index < -0.39 is 6.29 Å². The van der Waals surface area contributed by atoms with E-state index in [1.165, 1.54) is 26.0 Å². The zero-order valence-electron chi connectivity index (χ0n) is 10.8. The first-order valence-electron chi connectivity index (χ1n) is 5.29. The molecule has 0 saturated heterocycles. The molecule has 102 valence electrons. The maximum Gasteiger partial charge on any atom is 0.184 e. The second-order valence-electron chi connectivity index (χ2n) is 3.37. The maximum atomic E-state index is 8.59. The van der Waals surface area contributed by atoms with Crippen molar-refractivity contribution in [3.63, 3.8) is 0 Å². The smallest absolute Gasteiger partial charge is 0.184 e.